The number of hydrogen-bond donors (Lipinski definition) is 1. The standard InChI is InChI=1S/C29H31Cl4N3O4S/c1-3-5-15-34-29(38)26(4-2)35(18-20-11-13-23(31)24(32)16-20)28(37)19-36(27-14-12-21(30)17-25(27)33)41(39,40)22-9-7-6-8-10-22/h6-14,16-17,26H,3-5,15,18-19H2,1-2H3,(H,34,38)/t26-/m1/s1. The number of nitrogens with zero attached hydrogens (tertiary/aromatic N) is 2. The van der Waals surface area contributed by atoms with Gasteiger partial charge in [-0.1, -0.05) is 90.9 Å². The van der Waals surface area contributed by atoms with Crippen LogP contribution < -0.4 is 9.62 Å². The van der Waals surface area contributed by atoms with Crippen molar-refractivity contribution in [3.8, 4) is 0 Å². The summed E-state index contributed by atoms with van der Waals surface area (Å²) in [5.41, 5.74) is 0.692. The van der Waals surface area contributed by atoms with Gasteiger partial charge in [-0.05, 0) is 60.9 Å². The summed E-state index contributed by atoms with van der Waals surface area (Å²) in [6.07, 6.45) is 1.95. The van der Waals surface area contributed by atoms with Crippen molar-refractivity contribution in [1.29, 1.82) is 0 Å². The Morgan fingerprint density at radius 2 is 1.59 bits per heavy atom. The van der Waals surface area contributed by atoms with Crippen molar-refractivity contribution in [2.75, 3.05) is 17.4 Å². The Bertz CT molecular complexity index is 1470. The molecule has 0 unspecified atom stereocenters. The topological polar surface area (TPSA) is 86.8 Å². The zero-order chi connectivity index (χ0) is 30.2. The van der Waals surface area contributed by atoms with E-state index in [0.717, 1.165) is 17.1 Å². The molecule has 0 aromatic heterocycles. The number of amides is 2. The number of benzene rings is 3. The molecule has 0 bridgehead atoms. The summed E-state index contributed by atoms with van der Waals surface area (Å²) < 4.78 is 28.7. The van der Waals surface area contributed by atoms with Crippen molar-refractivity contribution in [2.45, 2.75) is 50.6 Å². The van der Waals surface area contributed by atoms with E-state index in [9.17, 15) is 18.0 Å². The minimum Gasteiger partial charge on any atom is -0.354 e. The second-order valence-corrected chi connectivity index (χ2v) is 12.8. The van der Waals surface area contributed by atoms with E-state index in [1.54, 1.807) is 43.3 Å². The molecule has 7 nitrogen and oxygen atoms in total. The first kappa shape index (κ1) is 33.0. The van der Waals surface area contributed by atoms with Crippen LogP contribution in [0, 0.1) is 0 Å². The van der Waals surface area contributed by atoms with Gasteiger partial charge in [0.15, 0.2) is 0 Å². The smallest absolute Gasteiger partial charge is 0.264 e. The molecule has 3 aromatic rings. The molecule has 0 saturated carbocycles. The van der Waals surface area contributed by atoms with Crippen LogP contribution in [0.4, 0.5) is 5.69 Å². The Morgan fingerprint density at radius 1 is 0.878 bits per heavy atom. The summed E-state index contributed by atoms with van der Waals surface area (Å²) in [4.78, 5) is 28.7. The first-order valence-electron chi connectivity index (χ1n) is 13.0. The number of sulfonamides is 1. The molecule has 3 aromatic carbocycles. The fourth-order valence-electron chi connectivity index (χ4n) is 4.18. The van der Waals surface area contributed by atoms with Crippen molar-refractivity contribution in [3.63, 3.8) is 0 Å². The van der Waals surface area contributed by atoms with Gasteiger partial charge >= 0.3 is 0 Å². The average Bonchev–Trinajstić information content (AvgIpc) is 2.94. The van der Waals surface area contributed by atoms with E-state index in [-0.39, 0.29) is 34.5 Å². The van der Waals surface area contributed by atoms with Crippen LogP contribution in [-0.2, 0) is 26.2 Å². The predicted octanol–water partition coefficient (Wildman–Crippen LogP) is 7.22. The monoisotopic (exact) mass is 657 g/mol. The van der Waals surface area contributed by atoms with E-state index < -0.39 is 28.5 Å². The second-order valence-electron chi connectivity index (χ2n) is 9.26. The summed E-state index contributed by atoms with van der Waals surface area (Å²) >= 11 is 24.8. The van der Waals surface area contributed by atoms with Crippen LogP contribution in [0.15, 0.2) is 71.6 Å². The molecule has 41 heavy (non-hydrogen) atoms. The van der Waals surface area contributed by atoms with Gasteiger partial charge in [0.1, 0.15) is 12.6 Å². The lowest BCUT2D eigenvalue weighted by Gasteiger charge is -2.33. The summed E-state index contributed by atoms with van der Waals surface area (Å²) in [7, 11) is -4.25. The molecule has 1 atom stereocenters. The van der Waals surface area contributed by atoms with Gasteiger partial charge in [0, 0.05) is 18.1 Å². The third kappa shape index (κ3) is 8.52. The Balaban J connectivity index is 2.07. The highest BCUT2D eigenvalue weighted by molar-refractivity contribution is 7.92. The lowest BCUT2D eigenvalue weighted by Crippen LogP contribution is -2.52. The minimum atomic E-state index is -4.25. The van der Waals surface area contributed by atoms with E-state index in [2.05, 4.69) is 5.32 Å². The van der Waals surface area contributed by atoms with Gasteiger partial charge in [-0.15, -0.1) is 0 Å². The molecule has 2 amide bonds. The molecule has 0 saturated heterocycles. The molecular weight excluding hydrogens is 628 g/mol. The highest BCUT2D eigenvalue weighted by Gasteiger charge is 2.34. The number of carbonyl (C=O) groups is 2. The molecule has 0 fully saturated rings. The van der Waals surface area contributed by atoms with E-state index in [4.69, 9.17) is 46.4 Å². The average molecular weight is 659 g/mol. The Morgan fingerprint density at radius 3 is 2.20 bits per heavy atom. The number of carbonyl (C=O) groups excluding carboxylic acids is 2. The Kier molecular flexibility index (Phi) is 12.2. The lowest BCUT2D eigenvalue weighted by molar-refractivity contribution is -0.140. The van der Waals surface area contributed by atoms with Gasteiger partial charge in [0.25, 0.3) is 10.0 Å². The van der Waals surface area contributed by atoms with Crippen LogP contribution in [0.2, 0.25) is 20.1 Å². The van der Waals surface area contributed by atoms with Crippen molar-refractivity contribution in [3.05, 3.63) is 92.4 Å². The molecule has 1 N–H and O–H groups in total. The largest absolute Gasteiger partial charge is 0.354 e. The molecule has 12 heteroatoms. The fraction of sp³-hybridized carbons (Fsp3) is 0.310. The van der Waals surface area contributed by atoms with Crippen molar-refractivity contribution < 1.29 is 18.0 Å². The molecule has 0 spiro atoms. The minimum absolute atomic E-state index is 0.0109. The predicted molar refractivity (Wildman–Crippen MR) is 166 cm³/mol. The van der Waals surface area contributed by atoms with Gasteiger partial charge in [0.2, 0.25) is 11.8 Å². The summed E-state index contributed by atoms with van der Waals surface area (Å²) in [5.74, 6) is -0.949. The van der Waals surface area contributed by atoms with Crippen LogP contribution in [0.5, 0.6) is 0 Å². The summed E-state index contributed by atoms with van der Waals surface area (Å²) in [5, 5.41) is 3.87. The maximum absolute atomic E-state index is 14.1. The fourth-order valence-corrected chi connectivity index (χ4v) is 6.51. The van der Waals surface area contributed by atoms with E-state index in [1.165, 1.54) is 35.2 Å². The summed E-state index contributed by atoms with van der Waals surface area (Å²) in [6.45, 7) is 3.61. The number of unbranched alkanes of at least 4 members (excludes halogenated alkanes) is 1. The van der Waals surface area contributed by atoms with E-state index in [1.807, 2.05) is 6.92 Å². The number of nitrogens with one attached hydrogen (secondary N) is 1. The molecule has 220 valence electrons. The number of hydrogen-bond acceptors (Lipinski definition) is 4. The molecule has 0 radical (unpaired) electrons. The molecule has 0 aliphatic heterocycles. The number of anilines is 1. The normalized spacial score (nSPS) is 12.0. The maximum atomic E-state index is 14.1. The summed E-state index contributed by atoms with van der Waals surface area (Å²) in [6, 6.07) is 16.1. The highest BCUT2D eigenvalue weighted by Crippen LogP contribution is 2.33. The molecule has 0 aliphatic carbocycles. The first-order valence-corrected chi connectivity index (χ1v) is 16.0. The number of rotatable bonds is 13. The molecular formula is C29H31Cl4N3O4S. The number of halogens is 4. The quantitative estimate of drug-likeness (QED) is 0.197. The van der Waals surface area contributed by atoms with Gasteiger partial charge < -0.3 is 10.2 Å². The third-order valence-electron chi connectivity index (χ3n) is 6.34. The SMILES string of the molecule is CCCCNC(=O)[C@@H](CC)N(Cc1ccc(Cl)c(Cl)c1)C(=O)CN(c1ccc(Cl)cc1Cl)S(=O)(=O)c1ccccc1. The van der Waals surface area contributed by atoms with E-state index in [0.29, 0.717) is 27.2 Å². The van der Waals surface area contributed by atoms with Crippen molar-refractivity contribution in [2.24, 2.45) is 0 Å². The van der Waals surface area contributed by atoms with Crippen molar-refractivity contribution >= 4 is 73.9 Å². The molecule has 0 heterocycles. The Hall–Kier alpha value is -2.49. The lowest BCUT2D eigenvalue weighted by atomic mass is 10.1. The maximum Gasteiger partial charge on any atom is 0.264 e. The third-order valence-corrected chi connectivity index (χ3v) is 9.39. The van der Waals surface area contributed by atoms with Gasteiger partial charge in [-0.25, -0.2) is 8.42 Å². The van der Waals surface area contributed by atoms with Gasteiger partial charge in [-0.2, -0.15) is 0 Å². The Labute approximate surface area is 261 Å². The zero-order valence-corrected chi connectivity index (χ0v) is 26.5. The highest BCUT2D eigenvalue weighted by atomic mass is 35.5. The first-order chi connectivity index (χ1) is 19.5. The van der Waals surface area contributed by atoms with Crippen LogP contribution in [0.25, 0.3) is 0 Å². The molecule has 3 rings (SSSR count). The van der Waals surface area contributed by atoms with Gasteiger partial charge in [0.05, 0.1) is 25.7 Å². The van der Waals surface area contributed by atoms with Crippen LogP contribution in [0.1, 0.15) is 38.7 Å². The van der Waals surface area contributed by atoms with Crippen LogP contribution in [-0.4, -0.2) is 44.3 Å². The van der Waals surface area contributed by atoms with Crippen LogP contribution in [0.3, 0.4) is 0 Å². The zero-order valence-electron chi connectivity index (χ0n) is 22.6. The van der Waals surface area contributed by atoms with E-state index >= 15 is 0 Å². The molecule has 0 aliphatic rings. The van der Waals surface area contributed by atoms with Crippen molar-refractivity contribution in [1.82, 2.24) is 10.2 Å². The van der Waals surface area contributed by atoms with Crippen LogP contribution >= 0.6 is 46.4 Å². The second kappa shape index (κ2) is 15.1. The van der Waals surface area contributed by atoms with Gasteiger partial charge in [-0.3, -0.25) is 13.9 Å².